The van der Waals surface area contributed by atoms with Crippen LogP contribution in [-0.4, -0.2) is 34.8 Å². The van der Waals surface area contributed by atoms with Gasteiger partial charge in [0.1, 0.15) is 12.1 Å². The summed E-state index contributed by atoms with van der Waals surface area (Å²) in [6, 6.07) is 3.54. The van der Waals surface area contributed by atoms with Crippen molar-refractivity contribution in [2.24, 2.45) is 5.92 Å². The number of anilines is 1. The molecule has 2 aliphatic rings. The van der Waals surface area contributed by atoms with Crippen LogP contribution < -0.4 is 10.6 Å². The Morgan fingerprint density at radius 2 is 1.78 bits per heavy atom. The second kappa shape index (κ2) is 7.33. The fourth-order valence-electron chi connectivity index (χ4n) is 4.44. The third-order valence-electron chi connectivity index (χ3n) is 6.03. The van der Waals surface area contributed by atoms with Crippen LogP contribution in [0.3, 0.4) is 0 Å². The van der Waals surface area contributed by atoms with E-state index in [2.05, 4.69) is 17.6 Å². The van der Waals surface area contributed by atoms with Crippen molar-refractivity contribution in [3.8, 4) is 0 Å². The van der Waals surface area contributed by atoms with Crippen molar-refractivity contribution >= 4 is 23.5 Å². The number of hydrogen-bond acceptors (Lipinski definition) is 3. The molecule has 0 bridgehead atoms. The Labute approximate surface area is 160 Å². The number of hydrogen-bond donors (Lipinski definition) is 2. The lowest BCUT2D eigenvalue weighted by atomic mass is 9.75. The molecule has 4 amide bonds. The molecule has 1 heterocycles. The average molecular weight is 371 g/mol. The Morgan fingerprint density at radius 1 is 1.19 bits per heavy atom. The Bertz CT molecular complexity index is 756. The van der Waals surface area contributed by atoms with E-state index in [4.69, 9.17) is 0 Å². The summed E-state index contributed by atoms with van der Waals surface area (Å²) in [5.41, 5.74) is 3.00. The van der Waals surface area contributed by atoms with Gasteiger partial charge in [-0.1, -0.05) is 31.0 Å². The first kappa shape index (κ1) is 19.4. The molecule has 146 valence electrons. The third-order valence-corrected chi connectivity index (χ3v) is 6.03. The quantitative estimate of drug-likeness (QED) is 0.796. The minimum Gasteiger partial charge on any atom is -0.324 e. The Hall–Kier alpha value is -2.37. The minimum atomic E-state index is -0.807. The molecule has 1 aliphatic carbocycles. The highest BCUT2D eigenvalue weighted by Gasteiger charge is 2.52. The van der Waals surface area contributed by atoms with Crippen molar-refractivity contribution in [3.05, 3.63) is 28.8 Å². The second-order valence-electron chi connectivity index (χ2n) is 8.08. The maximum atomic E-state index is 12.9. The van der Waals surface area contributed by atoms with Gasteiger partial charge in [0.25, 0.3) is 5.91 Å². The first-order valence-electron chi connectivity index (χ1n) is 9.77. The van der Waals surface area contributed by atoms with Gasteiger partial charge in [-0.25, -0.2) is 4.79 Å². The Morgan fingerprint density at radius 3 is 2.33 bits per heavy atom. The topological polar surface area (TPSA) is 78.5 Å². The number of benzene rings is 1. The lowest BCUT2D eigenvalue weighted by Gasteiger charge is -2.34. The van der Waals surface area contributed by atoms with Crippen LogP contribution in [0, 0.1) is 26.7 Å². The molecule has 1 spiro atoms. The van der Waals surface area contributed by atoms with Crippen LogP contribution in [0.5, 0.6) is 0 Å². The maximum Gasteiger partial charge on any atom is 0.325 e. The monoisotopic (exact) mass is 371 g/mol. The molecule has 2 N–H and O–H groups in total. The van der Waals surface area contributed by atoms with Gasteiger partial charge >= 0.3 is 6.03 Å². The maximum absolute atomic E-state index is 12.9. The van der Waals surface area contributed by atoms with E-state index < -0.39 is 11.6 Å². The number of amides is 4. The van der Waals surface area contributed by atoms with E-state index in [0.717, 1.165) is 46.5 Å². The van der Waals surface area contributed by atoms with Gasteiger partial charge in [0.05, 0.1) is 0 Å². The van der Waals surface area contributed by atoms with Gasteiger partial charge in [0.2, 0.25) is 5.91 Å². The van der Waals surface area contributed by atoms with E-state index in [9.17, 15) is 14.4 Å². The molecule has 1 saturated heterocycles. The van der Waals surface area contributed by atoms with Gasteiger partial charge < -0.3 is 10.6 Å². The Kier molecular flexibility index (Phi) is 5.27. The van der Waals surface area contributed by atoms with Crippen LogP contribution in [0.1, 0.15) is 55.7 Å². The van der Waals surface area contributed by atoms with E-state index in [0.29, 0.717) is 18.8 Å². The molecule has 3 rings (SSSR count). The summed E-state index contributed by atoms with van der Waals surface area (Å²) >= 11 is 0. The molecule has 27 heavy (non-hydrogen) atoms. The van der Waals surface area contributed by atoms with Gasteiger partial charge in [0, 0.05) is 5.69 Å². The molecule has 1 aromatic carbocycles. The number of carbonyl (C=O) groups is 3. The molecular formula is C21H29N3O3. The SMILES string of the molecule is CCC1CCC2(CC1)NC(=O)N(CC(=O)Nc1c(C)cc(C)cc1C)C2=O. The molecule has 1 saturated carbocycles. The van der Waals surface area contributed by atoms with Gasteiger partial charge in [0.15, 0.2) is 0 Å². The van der Waals surface area contributed by atoms with Gasteiger partial charge in [-0.2, -0.15) is 0 Å². The zero-order chi connectivity index (χ0) is 19.8. The summed E-state index contributed by atoms with van der Waals surface area (Å²) in [6.45, 7) is 7.78. The molecule has 6 heteroatoms. The van der Waals surface area contributed by atoms with Gasteiger partial charge in [-0.15, -0.1) is 0 Å². The van der Waals surface area contributed by atoms with Crippen LogP contribution in [0.25, 0.3) is 0 Å². The van der Waals surface area contributed by atoms with Crippen LogP contribution in [0.2, 0.25) is 0 Å². The summed E-state index contributed by atoms with van der Waals surface area (Å²) in [5.74, 6) is 0.00700. The van der Waals surface area contributed by atoms with E-state index >= 15 is 0 Å². The first-order chi connectivity index (χ1) is 12.8. The molecule has 1 aliphatic heterocycles. The molecule has 0 aromatic heterocycles. The minimum absolute atomic E-state index is 0.254. The van der Waals surface area contributed by atoms with Crippen molar-refractivity contribution in [3.63, 3.8) is 0 Å². The molecular weight excluding hydrogens is 342 g/mol. The fourth-order valence-corrected chi connectivity index (χ4v) is 4.44. The summed E-state index contributed by atoms with van der Waals surface area (Å²) in [4.78, 5) is 38.9. The van der Waals surface area contributed by atoms with Crippen molar-refractivity contribution in [2.75, 3.05) is 11.9 Å². The molecule has 1 aromatic rings. The molecule has 0 unspecified atom stereocenters. The van der Waals surface area contributed by atoms with Crippen LogP contribution in [0.15, 0.2) is 12.1 Å². The first-order valence-corrected chi connectivity index (χ1v) is 9.77. The average Bonchev–Trinajstić information content (AvgIpc) is 2.83. The van der Waals surface area contributed by atoms with Gasteiger partial charge in [-0.05, 0) is 63.5 Å². The van der Waals surface area contributed by atoms with Crippen LogP contribution in [-0.2, 0) is 9.59 Å². The number of rotatable bonds is 4. The van der Waals surface area contributed by atoms with Crippen LogP contribution >= 0.6 is 0 Å². The standard InChI is InChI=1S/C21H29N3O3/c1-5-16-6-8-21(9-7-16)19(26)24(20(27)23-21)12-17(25)22-18-14(3)10-13(2)11-15(18)4/h10-11,16H,5-9,12H2,1-4H3,(H,22,25)(H,23,27). The lowest BCUT2D eigenvalue weighted by molar-refractivity contribution is -0.135. The molecule has 2 fully saturated rings. The number of urea groups is 1. The number of aryl methyl sites for hydroxylation is 3. The van der Waals surface area contributed by atoms with Crippen LogP contribution in [0.4, 0.5) is 10.5 Å². The molecule has 0 radical (unpaired) electrons. The van der Waals surface area contributed by atoms with Crippen molar-refractivity contribution in [1.29, 1.82) is 0 Å². The normalized spacial score (nSPS) is 25.0. The zero-order valence-corrected chi connectivity index (χ0v) is 16.6. The summed E-state index contributed by atoms with van der Waals surface area (Å²) in [7, 11) is 0. The third kappa shape index (κ3) is 3.70. The number of imide groups is 1. The van der Waals surface area contributed by atoms with Crippen molar-refractivity contribution in [1.82, 2.24) is 10.2 Å². The fraction of sp³-hybridized carbons (Fsp3) is 0.571. The van der Waals surface area contributed by atoms with Crippen molar-refractivity contribution < 1.29 is 14.4 Å². The second-order valence-corrected chi connectivity index (χ2v) is 8.08. The number of nitrogens with one attached hydrogen (secondary N) is 2. The van der Waals surface area contributed by atoms with E-state index in [1.807, 2.05) is 32.9 Å². The summed E-state index contributed by atoms with van der Waals surface area (Å²) in [6.07, 6.45) is 4.28. The molecule has 0 atom stereocenters. The lowest BCUT2D eigenvalue weighted by Crippen LogP contribution is -2.49. The highest BCUT2D eigenvalue weighted by Crippen LogP contribution is 2.37. The van der Waals surface area contributed by atoms with E-state index in [1.165, 1.54) is 0 Å². The van der Waals surface area contributed by atoms with E-state index in [1.54, 1.807) is 0 Å². The zero-order valence-electron chi connectivity index (χ0n) is 16.6. The highest BCUT2D eigenvalue weighted by atomic mass is 16.2. The largest absolute Gasteiger partial charge is 0.325 e. The van der Waals surface area contributed by atoms with Crippen molar-refractivity contribution in [2.45, 2.75) is 65.3 Å². The predicted molar refractivity (Wildman–Crippen MR) is 105 cm³/mol. The summed E-state index contributed by atoms with van der Waals surface area (Å²) < 4.78 is 0. The summed E-state index contributed by atoms with van der Waals surface area (Å²) in [5, 5.41) is 5.74. The predicted octanol–water partition coefficient (Wildman–Crippen LogP) is 3.44. The Balaban J connectivity index is 1.68. The smallest absolute Gasteiger partial charge is 0.324 e. The van der Waals surface area contributed by atoms with E-state index in [-0.39, 0.29) is 18.4 Å². The van der Waals surface area contributed by atoms with Gasteiger partial charge in [-0.3, -0.25) is 14.5 Å². The molecule has 6 nitrogen and oxygen atoms in total. The number of nitrogens with zero attached hydrogens (tertiary/aromatic N) is 1. The number of carbonyl (C=O) groups excluding carboxylic acids is 3. The highest BCUT2D eigenvalue weighted by molar-refractivity contribution is 6.10.